The predicted molar refractivity (Wildman–Crippen MR) is 102 cm³/mol. The Hall–Kier alpha value is -3.46. The molecule has 0 spiro atoms. The van der Waals surface area contributed by atoms with Gasteiger partial charge >= 0.3 is 0 Å². The van der Waals surface area contributed by atoms with Crippen LogP contribution in [-0.2, 0) is 0 Å². The van der Waals surface area contributed by atoms with Crippen LogP contribution in [0.1, 0.15) is 16.1 Å². The summed E-state index contributed by atoms with van der Waals surface area (Å²) in [6.45, 7) is 1.87. The highest BCUT2D eigenvalue weighted by Crippen LogP contribution is 2.25. The van der Waals surface area contributed by atoms with Crippen LogP contribution < -0.4 is 5.32 Å². The number of amides is 1. The number of nitrogens with zero attached hydrogens (tertiary/aromatic N) is 4. The van der Waals surface area contributed by atoms with Gasteiger partial charge in [0.1, 0.15) is 23.0 Å². The summed E-state index contributed by atoms with van der Waals surface area (Å²) in [6, 6.07) is 6.56. The maximum Gasteiger partial charge on any atom is 0.262 e. The fraction of sp³-hybridized carbons (Fsp3) is 0.0526. The molecule has 6 nitrogen and oxygen atoms in total. The van der Waals surface area contributed by atoms with Crippen LogP contribution in [0.4, 0.5) is 14.6 Å². The number of hydrogen-bond acceptors (Lipinski definition) is 5. The van der Waals surface area contributed by atoms with Gasteiger partial charge in [-0.05, 0) is 31.2 Å². The van der Waals surface area contributed by atoms with Crippen LogP contribution in [0.3, 0.4) is 0 Å². The van der Waals surface area contributed by atoms with Crippen molar-refractivity contribution in [3.8, 4) is 16.3 Å². The van der Waals surface area contributed by atoms with Crippen LogP contribution >= 0.6 is 11.3 Å². The van der Waals surface area contributed by atoms with Gasteiger partial charge in [-0.1, -0.05) is 6.07 Å². The maximum atomic E-state index is 13.7. The number of carbonyl (C=O) groups excluding carboxylic acids is 1. The number of halogens is 2. The zero-order chi connectivity index (χ0) is 19.7. The number of benzene rings is 1. The lowest BCUT2D eigenvalue weighted by molar-refractivity contribution is 0.101. The van der Waals surface area contributed by atoms with Crippen molar-refractivity contribution in [3.63, 3.8) is 0 Å². The fourth-order valence-electron chi connectivity index (χ4n) is 2.69. The molecular weight excluding hydrogens is 384 g/mol. The molecule has 0 bridgehead atoms. The molecule has 3 aromatic heterocycles. The van der Waals surface area contributed by atoms with Crippen molar-refractivity contribution < 1.29 is 13.6 Å². The third-order valence-electron chi connectivity index (χ3n) is 4.02. The summed E-state index contributed by atoms with van der Waals surface area (Å²) in [5.41, 5.74) is 1.80. The first-order valence-corrected chi connectivity index (χ1v) is 9.09. The van der Waals surface area contributed by atoms with Gasteiger partial charge in [0, 0.05) is 35.1 Å². The summed E-state index contributed by atoms with van der Waals surface area (Å²) in [5.74, 6) is -2.58. The topological polar surface area (TPSA) is 72.7 Å². The number of nitrogens with one attached hydrogen (secondary N) is 1. The molecule has 0 fully saturated rings. The summed E-state index contributed by atoms with van der Waals surface area (Å²) < 4.78 is 29.1. The Bertz CT molecular complexity index is 1120. The first kappa shape index (κ1) is 17.9. The Morgan fingerprint density at radius 1 is 1.14 bits per heavy atom. The molecule has 0 saturated heterocycles. The van der Waals surface area contributed by atoms with Crippen molar-refractivity contribution in [1.29, 1.82) is 0 Å². The molecule has 1 amide bonds. The zero-order valence-corrected chi connectivity index (χ0v) is 15.4. The van der Waals surface area contributed by atoms with Crippen LogP contribution in [0.25, 0.3) is 16.3 Å². The van der Waals surface area contributed by atoms with E-state index in [0.717, 1.165) is 34.1 Å². The molecule has 0 aliphatic carbocycles. The third kappa shape index (κ3) is 3.39. The summed E-state index contributed by atoms with van der Waals surface area (Å²) in [5, 5.41) is 9.46. The number of pyridine rings is 1. The lowest BCUT2D eigenvalue weighted by Gasteiger charge is -2.07. The van der Waals surface area contributed by atoms with E-state index in [1.807, 2.05) is 18.5 Å². The van der Waals surface area contributed by atoms with E-state index >= 15 is 0 Å². The molecule has 28 heavy (non-hydrogen) atoms. The van der Waals surface area contributed by atoms with Crippen molar-refractivity contribution >= 4 is 23.1 Å². The average Bonchev–Trinajstić information content (AvgIpc) is 3.32. The lowest BCUT2D eigenvalue weighted by atomic mass is 10.1. The molecule has 1 aromatic carbocycles. The van der Waals surface area contributed by atoms with Gasteiger partial charge in [-0.25, -0.2) is 23.4 Å². The highest BCUT2D eigenvalue weighted by atomic mass is 32.1. The highest BCUT2D eigenvalue weighted by Gasteiger charge is 2.17. The molecule has 4 rings (SSSR count). The molecule has 0 atom stereocenters. The number of hydrogen-bond donors (Lipinski definition) is 1. The van der Waals surface area contributed by atoms with E-state index in [9.17, 15) is 13.6 Å². The van der Waals surface area contributed by atoms with Crippen LogP contribution in [0.2, 0.25) is 0 Å². The molecule has 9 heteroatoms. The van der Waals surface area contributed by atoms with Crippen molar-refractivity contribution in [2.45, 2.75) is 6.92 Å². The standard InChI is InChI=1S/C19H13F2N5OS/c1-11-13(10-26(25-11)19-22-7-8-28-19)12-5-6-16(23-9-12)24-18(27)17-14(20)3-2-4-15(17)21/h2-10H,1H3,(H,23,24,27). The van der Waals surface area contributed by atoms with Gasteiger partial charge < -0.3 is 5.32 Å². The van der Waals surface area contributed by atoms with Gasteiger partial charge in [-0.3, -0.25) is 4.79 Å². The number of carbonyl (C=O) groups is 1. The smallest absolute Gasteiger partial charge is 0.262 e. The molecule has 4 aromatic rings. The normalized spacial score (nSPS) is 10.8. The van der Waals surface area contributed by atoms with E-state index in [0.29, 0.717) is 0 Å². The Balaban J connectivity index is 1.56. The van der Waals surface area contributed by atoms with Crippen LogP contribution in [0, 0.1) is 18.6 Å². The second-order valence-electron chi connectivity index (χ2n) is 5.87. The average molecular weight is 397 g/mol. The van der Waals surface area contributed by atoms with Gasteiger partial charge in [0.15, 0.2) is 0 Å². The molecule has 0 aliphatic heterocycles. The number of rotatable bonds is 4. The number of aromatic nitrogens is 4. The first-order chi connectivity index (χ1) is 13.5. The number of aryl methyl sites for hydroxylation is 1. The van der Waals surface area contributed by atoms with Gasteiger partial charge in [-0.2, -0.15) is 5.10 Å². The van der Waals surface area contributed by atoms with Gasteiger partial charge in [0.05, 0.1) is 5.69 Å². The van der Waals surface area contributed by atoms with Gasteiger partial charge in [0.2, 0.25) is 5.13 Å². The van der Waals surface area contributed by atoms with Crippen molar-refractivity contribution in [1.82, 2.24) is 19.7 Å². The van der Waals surface area contributed by atoms with Crippen molar-refractivity contribution in [2.24, 2.45) is 0 Å². The lowest BCUT2D eigenvalue weighted by Crippen LogP contribution is -2.16. The molecule has 3 heterocycles. The Kier molecular flexibility index (Phi) is 4.66. The molecule has 0 radical (unpaired) electrons. The van der Waals surface area contributed by atoms with Crippen molar-refractivity contribution in [3.05, 3.63) is 77.2 Å². The summed E-state index contributed by atoms with van der Waals surface area (Å²) >= 11 is 1.47. The maximum absolute atomic E-state index is 13.7. The van der Waals surface area contributed by atoms with E-state index in [1.165, 1.54) is 17.4 Å². The van der Waals surface area contributed by atoms with Crippen LogP contribution in [0.15, 0.2) is 54.3 Å². The second kappa shape index (κ2) is 7.28. The van der Waals surface area contributed by atoms with E-state index in [-0.39, 0.29) is 5.82 Å². The number of anilines is 1. The monoisotopic (exact) mass is 397 g/mol. The second-order valence-corrected chi connectivity index (χ2v) is 6.74. The minimum Gasteiger partial charge on any atom is -0.306 e. The summed E-state index contributed by atoms with van der Waals surface area (Å²) in [6.07, 6.45) is 5.11. The quantitative estimate of drug-likeness (QED) is 0.559. The number of thiazole rings is 1. The van der Waals surface area contributed by atoms with Gasteiger partial charge in [0.25, 0.3) is 5.91 Å². The molecule has 140 valence electrons. The van der Waals surface area contributed by atoms with E-state index in [4.69, 9.17) is 0 Å². The SMILES string of the molecule is Cc1nn(-c2nccs2)cc1-c1ccc(NC(=O)c2c(F)cccc2F)nc1. The zero-order valence-electron chi connectivity index (χ0n) is 14.6. The minimum absolute atomic E-state index is 0.182. The van der Waals surface area contributed by atoms with E-state index in [2.05, 4.69) is 20.4 Å². The predicted octanol–water partition coefficient (Wildman–Crippen LogP) is 4.23. The van der Waals surface area contributed by atoms with Crippen LogP contribution in [-0.4, -0.2) is 25.7 Å². The Morgan fingerprint density at radius 3 is 2.57 bits per heavy atom. The molecule has 1 N–H and O–H groups in total. The molecular formula is C19H13F2N5OS. The summed E-state index contributed by atoms with van der Waals surface area (Å²) in [7, 11) is 0. The van der Waals surface area contributed by atoms with Crippen LogP contribution in [0.5, 0.6) is 0 Å². The van der Waals surface area contributed by atoms with E-state index in [1.54, 1.807) is 29.2 Å². The van der Waals surface area contributed by atoms with Gasteiger partial charge in [-0.15, -0.1) is 11.3 Å². The van der Waals surface area contributed by atoms with E-state index < -0.39 is 23.1 Å². The molecule has 0 saturated carbocycles. The fourth-order valence-corrected chi connectivity index (χ4v) is 3.26. The minimum atomic E-state index is -0.931. The summed E-state index contributed by atoms with van der Waals surface area (Å²) in [4.78, 5) is 20.5. The first-order valence-electron chi connectivity index (χ1n) is 8.21. The molecule has 0 unspecified atom stereocenters. The Morgan fingerprint density at radius 2 is 1.93 bits per heavy atom. The van der Waals surface area contributed by atoms with Crippen molar-refractivity contribution in [2.75, 3.05) is 5.32 Å². The highest BCUT2D eigenvalue weighted by molar-refractivity contribution is 7.12. The third-order valence-corrected chi connectivity index (χ3v) is 4.78. The largest absolute Gasteiger partial charge is 0.306 e. The molecule has 0 aliphatic rings. The Labute approximate surface area is 162 Å².